The fourth-order valence-electron chi connectivity index (χ4n) is 2.21. The maximum atomic E-state index is 11.7. The smallest absolute Gasteiger partial charge is 0.250 e. The number of rotatable bonds is 5. The molecule has 5 heteroatoms. The molecule has 106 valence electrons. The van der Waals surface area contributed by atoms with Gasteiger partial charge in [-0.3, -0.25) is 9.59 Å². The molecule has 0 aliphatic rings. The van der Waals surface area contributed by atoms with Crippen LogP contribution in [0.4, 0.5) is 5.69 Å². The standard InChI is InChI=1S/C15H18N2O3/c1-3-4-10-7-14(18)17-13-8-11(5-6-12(10)13)16-15(19)9-20-2/h5-8H,3-4,9H2,1-2H3,(H,16,19)(H,17,18). The number of anilines is 1. The van der Waals surface area contributed by atoms with Crippen molar-refractivity contribution in [3.8, 4) is 0 Å². The lowest BCUT2D eigenvalue weighted by molar-refractivity contribution is -0.119. The minimum atomic E-state index is -0.223. The molecular formula is C15H18N2O3. The number of carbonyl (C=O) groups excluding carboxylic acids is 1. The molecule has 0 saturated carbocycles. The first-order valence-electron chi connectivity index (χ1n) is 6.58. The number of benzene rings is 1. The summed E-state index contributed by atoms with van der Waals surface area (Å²) in [6, 6.07) is 7.14. The molecule has 0 spiro atoms. The molecule has 0 saturated heterocycles. The Kier molecular flexibility index (Phi) is 4.53. The molecular weight excluding hydrogens is 256 g/mol. The quantitative estimate of drug-likeness (QED) is 0.876. The van der Waals surface area contributed by atoms with Crippen molar-refractivity contribution in [2.45, 2.75) is 19.8 Å². The molecule has 0 aliphatic heterocycles. The number of carbonyl (C=O) groups is 1. The molecule has 2 aromatic rings. The number of aromatic nitrogens is 1. The van der Waals surface area contributed by atoms with E-state index in [9.17, 15) is 9.59 Å². The number of nitrogens with one attached hydrogen (secondary N) is 2. The Balaban J connectivity index is 2.39. The second kappa shape index (κ2) is 6.34. The van der Waals surface area contributed by atoms with E-state index in [2.05, 4.69) is 17.2 Å². The van der Waals surface area contributed by atoms with Gasteiger partial charge in [-0.05, 0) is 24.1 Å². The third kappa shape index (κ3) is 3.24. The van der Waals surface area contributed by atoms with Crippen LogP contribution in [-0.2, 0) is 16.0 Å². The van der Waals surface area contributed by atoms with Gasteiger partial charge in [0.2, 0.25) is 11.5 Å². The third-order valence-electron chi connectivity index (χ3n) is 3.01. The Morgan fingerprint density at radius 2 is 2.15 bits per heavy atom. The van der Waals surface area contributed by atoms with Gasteiger partial charge in [0.15, 0.2) is 0 Å². The van der Waals surface area contributed by atoms with Gasteiger partial charge >= 0.3 is 0 Å². The Labute approximate surface area is 117 Å². The van der Waals surface area contributed by atoms with E-state index < -0.39 is 0 Å². The van der Waals surface area contributed by atoms with Gasteiger partial charge in [-0.1, -0.05) is 19.4 Å². The van der Waals surface area contributed by atoms with E-state index in [4.69, 9.17) is 4.74 Å². The van der Waals surface area contributed by atoms with Crippen LogP contribution in [0, 0.1) is 0 Å². The SMILES string of the molecule is CCCc1cc(=O)[nH]c2cc(NC(=O)COC)ccc12. The van der Waals surface area contributed by atoms with Crippen molar-refractivity contribution in [2.75, 3.05) is 19.0 Å². The molecule has 0 fully saturated rings. The molecule has 2 rings (SSSR count). The maximum Gasteiger partial charge on any atom is 0.250 e. The Morgan fingerprint density at radius 3 is 2.85 bits per heavy atom. The normalized spacial score (nSPS) is 10.7. The van der Waals surface area contributed by atoms with Gasteiger partial charge < -0.3 is 15.0 Å². The number of ether oxygens (including phenoxy) is 1. The number of aryl methyl sites for hydroxylation is 1. The highest BCUT2D eigenvalue weighted by Crippen LogP contribution is 2.20. The summed E-state index contributed by atoms with van der Waals surface area (Å²) >= 11 is 0. The summed E-state index contributed by atoms with van der Waals surface area (Å²) in [7, 11) is 1.47. The fraction of sp³-hybridized carbons (Fsp3) is 0.333. The van der Waals surface area contributed by atoms with E-state index in [1.807, 2.05) is 12.1 Å². The number of fused-ring (bicyclic) bond motifs is 1. The molecule has 1 aromatic heterocycles. The molecule has 1 aromatic carbocycles. The van der Waals surface area contributed by atoms with E-state index in [1.54, 1.807) is 12.1 Å². The zero-order valence-corrected chi connectivity index (χ0v) is 11.7. The highest BCUT2D eigenvalue weighted by molar-refractivity contribution is 5.94. The van der Waals surface area contributed by atoms with Crippen molar-refractivity contribution in [3.05, 3.63) is 40.2 Å². The highest BCUT2D eigenvalue weighted by atomic mass is 16.5. The topological polar surface area (TPSA) is 71.2 Å². The molecule has 1 heterocycles. The molecule has 20 heavy (non-hydrogen) atoms. The van der Waals surface area contributed by atoms with E-state index in [-0.39, 0.29) is 18.1 Å². The summed E-state index contributed by atoms with van der Waals surface area (Å²) in [5.41, 5.74) is 2.28. The zero-order chi connectivity index (χ0) is 14.5. The number of hydrogen-bond donors (Lipinski definition) is 2. The number of hydrogen-bond acceptors (Lipinski definition) is 3. The summed E-state index contributed by atoms with van der Waals surface area (Å²) in [4.78, 5) is 25.9. The van der Waals surface area contributed by atoms with Gasteiger partial charge in [-0.2, -0.15) is 0 Å². The lowest BCUT2D eigenvalue weighted by atomic mass is 10.0. The maximum absolute atomic E-state index is 11.7. The predicted molar refractivity (Wildman–Crippen MR) is 79.1 cm³/mol. The van der Waals surface area contributed by atoms with Crippen molar-refractivity contribution >= 4 is 22.5 Å². The fourth-order valence-corrected chi connectivity index (χ4v) is 2.21. The van der Waals surface area contributed by atoms with Crippen LogP contribution in [-0.4, -0.2) is 24.6 Å². The number of amides is 1. The largest absolute Gasteiger partial charge is 0.375 e. The highest BCUT2D eigenvalue weighted by Gasteiger charge is 2.06. The van der Waals surface area contributed by atoms with Gasteiger partial charge in [0.05, 0.1) is 5.52 Å². The number of aromatic amines is 1. The van der Waals surface area contributed by atoms with Gasteiger partial charge in [-0.15, -0.1) is 0 Å². The van der Waals surface area contributed by atoms with Crippen LogP contribution < -0.4 is 10.9 Å². The van der Waals surface area contributed by atoms with Crippen LogP contribution >= 0.6 is 0 Å². The minimum absolute atomic E-state index is 0.00440. The summed E-state index contributed by atoms with van der Waals surface area (Å²) in [5, 5.41) is 3.73. The number of methoxy groups -OCH3 is 1. The molecule has 0 aliphatic carbocycles. The molecule has 0 atom stereocenters. The van der Waals surface area contributed by atoms with E-state index in [0.717, 1.165) is 29.3 Å². The first kappa shape index (κ1) is 14.3. The van der Waals surface area contributed by atoms with Crippen LogP contribution in [0.25, 0.3) is 10.9 Å². The second-order valence-corrected chi connectivity index (χ2v) is 4.65. The van der Waals surface area contributed by atoms with E-state index in [1.165, 1.54) is 7.11 Å². The van der Waals surface area contributed by atoms with Gasteiger partial charge in [0.1, 0.15) is 6.61 Å². The van der Waals surface area contributed by atoms with Crippen molar-refractivity contribution in [3.63, 3.8) is 0 Å². The average Bonchev–Trinajstić information content (AvgIpc) is 2.38. The molecule has 0 unspecified atom stereocenters. The van der Waals surface area contributed by atoms with Crippen LogP contribution in [0.5, 0.6) is 0 Å². The van der Waals surface area contributed by atoms with E-state index in [0.29, 0.717) is 5.69 Å². The van der Waals surface area contributed by atoms with Crippen molar-refractivity contribution in [1.82, 2.24) is 4.98 Å². The van der Waals surface area contributed by atoms with E-state index >= 15 is 0 Å². The number of H-pyrrole nitrogens is 1. The molecule has 0 bridgehead atoms. The predicted octanol–water partition coefficient (Wildman–Crippen LogP) is 2.07. The number of pyridine rings is 1. The first-order chi connectivity index (χ1) is 9.63. The van der Waals surface area contributed by atoms with Gasteiger partial charge in [0.25, 0.3) is 0 Å². The minimum Gasteiger partial charge on any atom is -0.375 e. The first-order valence-corrected chi connectivity index (χ1v) is 6.58. The summed E-state index contributed by atoms with van der Waals surface area (Å²) in [6.07, 6.45) is 1.83. The van der Waals surface area contributed by atoms with Crippen molar-refractivity contribution in [2.24, 2.45) is 0 Å². The van der Waals surface area contributed by atoms with Crippen molar-refractivity contribution < 1.29 is 9.53 Å². The van der Waals surface area contributed by atoms with Crippen molar-refractivity contribution in [1.29, 1.82) is 0 Å². The van der Waals surface area contributed by atoms with Crippen LogP contribution in [0.3, 0.4) is 0 Å². The Bertz CT molecular complexity index is 676. The average molecular weight is 274 g/mol. The second-order valence-electron chi connectivity index (χ2n) is 4.65. The van der Waals surface area contributed by atoms with Crippen LogP contribution in [0.2, 0.25) is 0 Å². The van der Waals surface area contributed by atoms with Crippen LogP contribution in [0.15, 0.2) is 29.1 Å². The summed E-state index contributed by atoms with van der Waals surface area (Å²) in [5.74, 6) is -0.223. The lowest BCUT2D eigenvalue weighted by Gasteiger charge is -2.08. The Morgan fingerprint density at radius 1 is 1.35 bits per heavy atom. The zero-order valence-electron chi connectivity index (χ0n) is 11.7. The molecule has 5 nitrogen and oxygen atoms in total. The van der Waals surface area contributed by atoms with Gasteiger partial charge in [-0.25, -0.2) is 0 Å². The molecule has 0 radical (unpaired) electrons. The molecule has 2 N–H and O–H groups in total. The van der Waals surface area contributed by atoms with Gasteiger partial charge in [0, 0.05) is 24.2 Å². The molecule has 1 amide bonds. The Hall–Kier alpha value is -2.14. The monoisotopic (exact) mass is 274 g/mol. The summed E-state index contributed by atoms with van der Waals surface area (Å²) < 4.78 is 4.76. The summed E-state index contributed by atoms with van der Waals surface area (Å²) in [6.45, 7) is 2.08. The third-order valence-corrected chi connectivity index (χ3v) is 3.01. The van der Waals surface area contributed by atoms with Crippen LogP contribution in [0.1, 0.15) is 18.9 Å². The lowest BCUT2D eigenvalue weighted by Crippen LogP contribution is -2.17.